The van der Waals surface area contributed by atoms with Crippen molar-refractivity contribution in [3.05, 3.63) is 35.5 Å². The molecule has 3 N–H and O–H groups in total. The van der Waals surface area contributed by atoms with Crippen molar-refractivity contribution >= 4 is 5.84 Å². The van der Waals surface area contributed by atoms with Gasteiger partial charge in [-0.15, -0.1) is 0 Å². The van der Waals surface area contributed by atoms with Gasteiger partial charge in [0.05, 0.1) is 12.8 Å². The molecule has 0 aliphatic carbocycles. The van der Waals surface area contributed by atoms with Crippen molar-refractivity contribution < 1.29 is 9.47 Å². The number of rotatable bonds is 4. The van der Waals surface area contributed by atoms with E-state index in [-0.39, 0.29) is 5.84 Å². The van der Waals surface area contributed by atoms with E-state index in [1.165, 1.54) is 0 Å². The number of nitrogen functional groups attached to an aromatic ring is 1. The molecule has 1 aromatic heterocycles. The van der Waals surface area contributed by atoms with E-state index >= 15 is 0 Å². The van der Waals surface area contributed by atoms with Gasteiger partial charge in [-0.05, 0) is 19.1 Å². The van der Waals surface area contributed by atoms with Crippen molar-refractivity contribution in [1.82, 2.24) is 9.78 Å². The largest absolute Gasteiger partial charge is 0.493 e. The van der Waals surface area contributed by atoms with E-state index in [9.17, 15) is 0 Å². The Labute approximate surface area is 111 Å². The lowest BCUT2D eigenvalue weighted by Crippen LogP contribution is -2.13. The molecule has 0 unspecified atom stereocenters. The number of para-hydroxylation sites is 2. The summed E-state index contributed by atoms with van der Waals surface area (Å²) in [5.74, 6) is 1.51. The number of amidine groups is 1. The van der Waals surface area contributed by atoms with Gasteiger partial charge in [-0.25, -0.2) is 4.68 Å². The summed E-state index contributed by atoms with van der Waals surface area (Å²) in [4.78, 5) is 0. The van der Waals surface area contributed by atoms with E-state index in [1.807, 2.05) is 12.1 Å². The predicted molar refractivity (Wildman–Crippen MR) is 72.0 cm³/mol. The quantitative estimate of drug-likeness (QED) is 0.648. The van der Waals surface area contributed by atoms with Gasteiger partial charge in [0.2, 0.25) is 5.88 Å². The summed E-state index contributed by atoms with van der Waals surface area (Å²) in [6.07, 6.45) is 0. The highest BCUT2D eigenvalue weighted by Gasteiger charge is 2.19. The summed E-state index contributed by atoms with van der Waals surface area (Å²) in [6.45, 7) is 1.78. The zero-order chi connectivity index (χ0) is 14.0. The minimum absolute atomic E-state index is 0.0736. The van der Waals surface area contributed by atoms with Crippen LogP contribution in [0.1, 0.15) is 11.3 Å². The molecule has 6 heteroatoms. The molecule has 0 saturated carbocycles. The van der Waals surface area contributed by atoms with E-state index in [2.05, 4.69) is 5.10 Å². The molecule has 2 aromatic rings. The molecule has 0 fully saturated rings. The fraction of sp³-hybridized carbons (Fsp3) is 0.231. The van der Waals surface area contributed by atoms with Crippen LogP contribution in [-0.2, 0) is 7.05 Å². The summed E-state index contributed by atoms with van der Waals surface area (Å²) in [5, 5.41) is 11.8. The highest BCUT2D eigenvalue weighted by Crippen LogP contribution is 2.33. The van der Waals surface area contributed by atoms with Gasteiger partial charge in [0.15, 0.2) is 11.5 Å². The number of nitrogens with two attached hydrogens (primary N) is 1. The van der Waals surface area contributed by atoms with Crippen molar-refractivity contribution in [3.63, 3.8) is 0 Å². The topological polar surface area (TPSA) is 86.2 Å². The lowest BCUT2D eigenvalue weighted by atomic mass is 10.2. The number of benzene rings is 1. The van der Waals surface area contributed by atoms with Gasteiger partial charge >= 0.3 is 0 Å². The molecule has 6 nitrogen and oxygen atoms in total. The minimum Gasteiger partial charge on any atom is -0.493 e. The maximum Gasteiger partial charge on any atom is 0.229 e. The molecule has 0 spiro atoms. The smallest absolute Gasteiger partial charge is 0.229 e. The highest BCUT2D eigenvalue weighted by atomic mass is 16.5. The van der Waals surface area contributed by atoms with Crippen LogP contribution in [0, 0.1) is 12.3 Å². The number of nitrogens with zero attached hydrogens (tertiary/aromatic N) is 2. The van der Waals surface area contributed by atoms with Crippen LogP contribution in [0.25, 0.3) is 0 Å². The molecule has 0 amide bonds. The zero-order valence-corrected chi connectivity index (χ0v) is 11.1. The van der Waals surface area contributed by atoms with Gasteiger partial charge in [0.25, 0.3) is 0 Å². The summed E-state index contributed by atoms with van der Waals surface area (Å²) in [5.41, 5.74) is 6.72. The molecular formula is C13H16N4O2. The number of hydrogen-bond acceptors (Lipinski definition) is 4. The second-order valence-corrected chi connectivity index (χ2v) is 4.06. The van der Waals surface area contributed by atoms with Crippen molar-refractivity contribution in [1.29, 1.82) is 5.41 Å². The van der Waals surface area contributed by atoms with E-state index in [4.69, 9.17) is 20.6 Å². The minimum atomic E-state index is -0.0736. The molecule has 2 rings (SSSR count). The third-order valence-electron chi connectivity index (χ3n) is 2.71. The first-order valence-electron chi connectivity index (χ1n) is 5.73. The summed E-state index contributed by atoms with van der Waals surface area (Å²) < 4.78 is 12.6. The lowest BCUT2D eigenvalue weighted by molar-refractivity contribution is 0.365. The Kier molecular flexibility index (Phi) is 3.41. The number of nitrogens with one attached hydrogen (secondary N) is 1. The summed E-state index contributed by atoms with van der Waals surface area (Å²) in [6, 6.07) is 7.28. The van der Waals surface area contributed by atoms with E-state index in [0.717, 1.165) is 0 Å². The van der Waals surface area contributed by atoms with Gasteiger partial charge in [0, 0.05) is 7.05 Å². The molecule has 0 aliphatic heterocycles. The Bertz CT molecular complexity index is 619. The number of ether oxygens (including phenoxy) is 2. The Balaban J connectivity index is 2.46. The molecule has 0 radical (unpaired) electrons. The van der Waals surface area contributed by atoms with Crippen LogP contribution >= 0.6 is 0 Å². The SMILES string of the molecule is COc1ccccc1Oc1c(C(=N)N)c(C)nn1C. The zero-order valence-electron chi connectivity index (χ0n) is 11.1. The van der Waals surface area contributed by atoms with Crippen LogP contribution in [0.4, 0.5) is 0 Å². The van der Waals surface area contributed by atoms with Crippen LogP contribution in [0.2, 0.25) is 0 Å². The fourth-order valence-electron chi connectivity index (χ4n) is 1.87. The van der Waals surface area contributed by atoms with Gasteiger partial charge < -0.3 is 15.2 Å². The van der Waals surface area contributed by atoms with Crippen LogP contribution in [0.3, 0.4) is 0 Å². The Morgan fingerprint density at radius 3 is 2.53 bits per heavy atom. The predicted octanol–water partition coefficient (Wildman–Crippen LogP) is 1.81. The summed E-state index contributed by atoms with van der Waals surface area (Å²) >= 11 is 0. The molecule has 1 heterocycles. The number of aryl methyl sites for hydroxylation is 2. The normalized spacial score (nSPS) is 10.3. The molecule has 0 atom stereocenters. The second-order valence-electron chi connectivity index (χ2n) is 4.06. The van der Waals surface area contributed by atoms with Crippen LogP contribution < -0.4 is 15.2 Å². The maximum absolute atomic E-state index is 7.61. The number of aromatic nitrogens is 2. The molecule has 0 saturated heterocycles. The maximum atomic E-state index is 7.61. The van der Waals surface area contributed by atoms with E-state index in [1.54, 1.807) is 37.9 Å². The Morgan fingerprint density at radius 1 is 1.32 bits per heavy atom. The third-order valence-corrected chi connectivity index (χ3v) is 2.71. The molecule has 0 aliphatic rings. The highest BCUT2D eigenvalue weighted by molar-refractivity contribution is 5.98. The average Bonchev–Trinajstić information content (AvgIpc) is 2.65. The monoisotopic (exact) mass is 260 g/mol. The number of methoxy groups -OCH3 is 1. The lowest BCUT2D eigenvalue weighted by Gasteiger charge is -2.11. The molecule has 19 heavy (non-hydrogen) atoms. The van der Waals surface area contributed by atoms with Crippen molar-refractivity contribution in [2.75, 3.05) is 7.11 Å². The van der Waals surface area contributed by atoms with Crippen LogP contribution in [-0.4, -0.2) is 22.7 Å². The molecule has 100 valence electrons. The van der Waals surface area contributed by atoms with Gasteiger partial charge in [-0.3, -0.25) is 5.41 Å². The van der Waals surface area contributed by atoms with Crippen molar-refractivity contribution in [3.8, 4) is 17.4 Å². The van der Waals surface area contributed by atoms with Crippen LogP contribution in [0.5, 0.6) is 17.4 Å². The van der Waals surface area contributed by atoms with E-state index in [0.29, 0.717) is 28.6 Å². The van der Waals surface area contributed by atoms with Gasteiger partial charge in [0.1, 0.15) is 11.4 Å². The first-order valence-corrected chi connectivity index (χ1v) is 5.73. The standard InChI is InChI=1S/C13H16N4O2/c1-8-11(12(14)15)13(17(2)16-8)19-10-7-5-4-6-9(10)18-3/h4-7H,1-3H3,(H3,14,15). The Morgan fingerprint density at radius 2 is 1.95 bits per heavy atom. The third kappa shape index (κ3) is 2.37. The second kappa shape index (κ2) is 5.01. The van der Waals surface area contributed by atoms with Crippen molar-refractivity contribution in [2.24, 2.45) is 12.8 Å². The van der Waals surface area contributed by atoms with Gasteiger partial charge in [-0.1, -0.05) is 12.1 Å². The van der Waals surface area contributed by atoms with Crippen molar-refractivity contribution in [2.45, 2.75) is 6.92 Å². The Hall–Kier alpha value is -2.50. The first kappa shape index (κ1) is 12.9. The number of hydrogen-bond donors (Lipinski definition) is 2. The van der Waals surface area contributed by atoms with Gasteiger partial charge in [-0.2, -0.15) is 5.10 Å². The first-order chi connectivity index (χ1) is 9.04. The molecule has 1 aromatic carbocycles. The van der Waals surface area contributed by atoms with Crippen LogP contribution in [0.15, 0.2) is 24.3 Å². The van der Waals surface area contributed by atoms with E-state index < -0.39 is 0 Å². The average molecular weight is 260 g/mol. The summed E-state index contributed by atoms with van der Waals surface area (Å²) in [7, 11) is 3.31. The molecule has 0 bridgehead atoms. The molecular weight excluding hydrogens is 244 g/mol. The fourth-order valence-corrected chi connectivity index (χ4v) is 1.87.